The second kappa shape index (κ2) is 5.24. The number of hydrogen-bond donors (Lipinski definition) is 1. The molecule has 0 aliphatic carbocycles. The third-order valence-corrected chi connectivity index (χ3v) is 2.39. The highest BCUT2D eigenvalue weighted by Gasteiger charge is 2.30. The maximum absolute atomic E-state index is 10.7. The van der Waals surface area contributed by atoms with E-state index < -0.39 is 27.0 Å². The molecule has 0 heterocycles. The Morgan fingerprint density at radius 2 is 1.88 bits per heavy atom. The van der Waals surface area contributed by atoms with Crippen LogP contribution in [0.5, 0.6) is 5.75 Å². The molecule has 0 aliphatic heterocycles. The van der Waals surface area contributed by atoms with Crippen LogP contribution in [0.25, 0.3) is 0 Å². The van der Waals surface area contributed by atoms with Gasteiger partial charge in [-0.2, -0.15) is 0 Å². The Bertz CT molecular complexity index is 458. The predicted octanol–water partition coefficient (Wildman–Crippen LogP) is 2.55. The van der Waals surface area contributed by atoms with E-state index in [9.17, 15) is 25.3 Å². The molecule has 0 unspecified atom stereocenters. The van der Waals surface area contributed by atoms with Crippen molar-refractivity contribution in [3.05, 3.63) is 37.9 Å². The minimum absolute atomic E-state index is 0.365. The molecule has 1 rings (SSSR count). The number of phenolic OH excluding ortho intramolecular Hbond substituents is 1. The fraction of sp³-hybridized carbons (Fsp3) is 0.400. The van der Waals surface area contributed by atoms with Gasteiger partial charge in [0.1, 0.15) is 0 Å². The van der Waals surface area contributed by atoms with Gasteiger partial charge in [0.05, 0.1) is 9.85 Å². The molecule has 1 aromatic carbocycles. The molecular formula is C10H12N2O5. The first-order chi connectivity index (χ1) is 7.99. The molecule has 0 aromatic heterocycles. The lowest BCUT2D eigenvalue weighted by molar-refractivity contribution is -0.423. The fourth-order valence-corrected chi connectivity index (χ4v) is 1.51. The molecule has 0 amide bonds. The van der Waals surface area contributed by atoms with Crippen LogP contribution in [0, 0.1) is 20.2 Å². The van der Waals surface area contributed by atoms with E-state index in [1.54, 1.807) is 0 Å². The van der Waals surface area contributed by atoms with Gasteiger partial charge in [-0.3, -0.25) is 20.2 Å². The van der Waals surface area contributed by atoms with Gasteiger partial charge >= 0.3 is 11.4 Å². The average Bonchev–Trinajstić information content (AvgIpc) is 2.26. The van der Waals surface area contributed by atoms with Gasteiger partial charge in [-0.1, -0.05) is 13.3 Å². The largest absolute Gasteiger partial charge is 0.502 e. The smallest absolute Gasteiger partial charge is 0.387 e. The van der Waals surface area contributed by atoms with Crippen molar-refractivity contribution in [2.75, 3.05) is 0 Å². The lowest BCUT2D eigenvalue weighted by atomic mass is 10.1. The van der Waals surface area contributed by atoms with Gasteiger partial charge in [0.2, 0.25) is 5.75 Å². The molecular weight excluding hydrogens is 228 g/mol. The van der Waals surface area contributed by atoms with Crippen LogP contribution in [0.1, 0.15) is 25.3 Å². The summed E-state index contributed by atoms with van der Waals surface area (Å²) in [7, 11) is 0. The number of phenols is 1. The molecule has 0 atom stereocenters. The fourth-order valence-electron chi connectivity index (χ4n) is 1.51. The van der Waals surface area contributed by atoms with Crippen LogP contribution in [-0.4, -0.2) is 15.0 Å². The molecule has 1 aromatic rings. The highest BCUT2D eigenvalue weighted by molar-refractivity contribution is 5.64. The molecule has 0 spiro atoms. The van der Waals surface area contributed by atoms with Crippen molar-refractivity contribution in [1.82, 2.24) is 0 Å². The number of nitro benzene ring substituents is 2. The maximum atomic E-state index is 10.7. The monoisotopic (exact) mass is 240 g/mol. The normalized spacial score (nSPS) is 10.2. The molecule has 0 fully saturated rings. The van der Waals surface area contributed by atoms with Crippen LogP contribution in [0.2, 0.25) is 0 Å². The van der Waals surface area contributed by atoms with Gasteiger partial charge in [-0.05, 0) is 18.9 Å². The minimum Gasteiger partial charge on any atom is -0.502 e. The van der Waals surface area contributed by atoms with Gasteiger partial charge in [-0.25, -0.2) is 0 Å². The minimum atomic E-state index is -0.928. The molecule has 7 nitrogen and oxygen atoms in total. The Hall–Kier alpha value is -2.18. The van der Waals surface area contributed by atoms with Crippen LogP contribution in [0.3, 0.4) is 0 Å². The van der Waals surface area contributed by atoms with Crippen LogP contribution in [0.4, 0.5) is 11.4 Å². The van der Waals surface area contributed by atoms with Crippen LogP contribution in [0.15, 0.2) is 12.1 Å². The first-order valence-corrected chi connectivity index (χ1v) is 5.12. The van der Waals surface area contributed by atoms with Crippen LogP contribution < -0.4 is 0 Å². The Balaban J connectivity index is 3.28. The van der Waals surface area contributed by atoms with E-state index in [-0.39, 0.29) is 0 Å². The summed E-state index contributed by atoms with van der Waals surface area (Å²) in [5, 5.41) is 31.0. The average molecular weight is 240 g/mol. The summed E-state index contributed by atoms with van der Waals surface area (Å²) in [5.74, 6) is -0.599. The van der Waals surface area contributed by atoms with Crippen LogP contribution in [-0.2, 0) is 6.42 Å². The highest BCUT2D eigenvalue weighted by Crippen LogP contribution is 2.38. The number of nitro groups is 2. The molecule has 7 heteroatoms. The van der Waals surface area contributed by atoms with Crippen molar-refractivity contribution in [2.45, 2.75) is 26.2 Å². The molecule has 0 saturated heterocycles. The summed E-state index contributed by atoms with van der Waals surface area (Å²) < 4.78 is 0. The first-order valence-electron chi connectivity index (χ1n) is 5.12. The zero-order valence-corrected chi connectivity index (χ0v) is 9.25. The van der Waals surface area contributed by atoms with Crippen molar-refractivity contribution < 1.29 is 15.0 Å². The van der Waals surface area contributed by atoms with Crippen molar-refractivity contribution in [1.29, 1.82) is 0 Å². The van der Waals surface area contributed by atoms with E-state index in [0.717, 1.165) is 18.9 Å². The molecule has 1 N–H and O–H groups in total. The first kappa shape index (κ1) is 12.9. The Kier molecular flexibility index (Phi) is 3.97. The Morgan fingerprint density at radius 1 is 1.24 bits per heavy atom. The number of aryl methyl sites for hydroxylation is 1. The van der Waals surface area contributed by atoms with E-state index in [0.29, 0.717) is 12.0 Å². The van der Waals surface area contributed by atoms with E-state index in [1.807, 2.05) is 6.92 Å². The zero-order chi connectivity index (χ0) is 13.0. The second-order valence-electron chi connectivity index (χ2n) is 3.56. The van der Waals surface area contributed by atoms with Crippen molar-refractivity contribution in [3.8, 4) is 5.75 Å². The number of rotatable bonds is 5. The molecule has 17 heavy (non-hydrogen) atoms. The van der Waals surface area contributed by atoms with Gasteiger partial charge in [0.25, 0.3) is 0 Å². The van der Waals surface area contributed by atoms with Crippen molar-refractivity contribution in [2.24, 2.45) is 0 Å². The highest BCUT2D eigenvalue weighted by atomic mass is 16.6. The van der Waals surface area contributed by atoms with E-state index in [4.69, 9.17) is 0 Å². The van der Waals surface area contributed by atoms with E-state index in [1.165, 1.54) is 6.07 Å². The van der Waals surface area contributed by atoms with Crippen LogP contribution >= 0.6 is 0 Å². The Labute approximate surface area is 97.0 Å². The number of unbranched alkanes of at least 4 members (excludes halogenated alkanes) is 1. The van der Waals surface area contributed by atoms with E-state index in [2.05, 4.69) is 0 Å². The lowest BCUT2D eigenvalue weighted by Gasteiger charge is -2.04. The van der Waals surface area contributed by atoms with Gasteiger partial charge < -0.3 is 5.11 Å². The van der Waals surface area contributed by atoms with Gasteiger partial charge in [-0.15, -0.1) is 0 Å². The third-order valence-electron chi connectivity index (χ3n) is 2.39. The summed E-state index contributed by atoms with van der Waals surface area (Å²) in [5.41, 5.74) is -1.15. The summed E-state index contributed by atoms with van der Waals surface area (Å²) in [6, 6.07) is 2.42. The second-order valence-corrected chi connectivity index (χ2v) is 3.56. The number of hydrogen-bond acceptors (Lipinski definition) is 5. The SMILES string of the molecule is CCCCc1ccc([N+](=O)[O-])c([N+](=O)[O-])c1O. The topological polar surface area (TPSA) is 107 Å². The third kappa shape index (κ3) is 2.68. The number of aromatic hydroxyl groups is 1. The molecule has 0 bridgehead atoms. The van der Waals surface area contributed by atoms with Crippen molar-refractivity contribution in [3.63, 3.8) is 0 Å². The maximum Gasteiger partial charge on any atom is 0.387 e. The zero-order valence-electron chi connectivity index (χ0n) is 9.25. The number of benzene rings is 1. The van der Waals surface area contributed by atoms with E-state index >= 15 is 0 Å². The summed E-state index contributed by atoms with van der Waals surface area (Å²) in [6.45, 7) is 1.94. The lowest BCUT2D eigenvalue weighted by Crippen LogP contribution is -1.99. The Morgan fingerprint density at radius 3 is 2.35 bits per heavy atom. The summed E-state index contributed by atoms with van der Waals surface area (Å²) in [6.07, 6.45) is 2.08. The molecule has 0 radical (unpaired) electrons. The molecule has 0 saturated carbocycles. The standard InChI is InChI=1S/C10H12N2O5/c1-2-3-4-7-5-6-8(11(14)15)9(10(7)13)12(16)17/h5-6,13H,2-4H2,1H3. The molecule has 92 valence electrons. The summed E-state index contributed by atoms with van der Waals surface area (Å²) >= 11 is 0. The quantitative estimate of drug-likeness (QED) is 0.628. The van der Waals surface area contributed by atoms with Gasteiger partial charge in [0.15, 0.2) is 0 Å². The molecule has 0 aliphatic rings. The van der Waals surface area contributed by atoms with Crippen molar-refractivity contribution >= 4 is 11.4 Å². The number of nitrogens with zero attached hydrogens (tertiary/aromatic N) is 2. The van der Waals surface area contributed by atoms with Gasteiger partial charge in [0, 0.05) is 11.6 Å². The summed E-state index contributed by atoms with van der Waals surface area (Å²) in [4.78, 5) is 19.5. The predicted molar refractivity (Wildman–Crippen MR) is 60.0 cm³/mol.